The van der Waals surface area contributed by atoms with E-state index in [1.54, 1.807) is 30.3 Å². The number of rotatable bonds is 9. The van der Waals surface area contributed by atoms with Crippen molar-refractivity contribution < 1.29 is 48.5 Å². The third-order valence-electron chi connectivity index (χ3n) is 6.15. The lowest BCUT2D eigenvalue weighted by Crippen LogP contribution is -2.71. The van der Waals surface area contributed by atoms with Crippen LogP contribution < -0.4 is 10.6 Å². The van der Waals surface area contributed by atoms with Gasteiger partial charge in [0.05, 0.1) is 0 Å². The van der Waals surface area contributed by atoms with Gasteiger partial charge >= 0.3 is 17.9 Å². The van der Waals surface area contributed by atoms with Crippen molar-refractivity contribution in [2.45, 2.75) is 43.0 Å². The molecule has 1 unspecified atom stereocenters. The Kier molecular flexibility index (Phi) is 6.97. The number of epoxide rings is 1. The number of thioether (sulfide) groups is 1. The first-order valence-corrected chi connectivity index (χ1v) is 12.1. The Balaban J connectivity index is 1.51. The van der Waals surface area contributed by atoms with Gasteiger partial charge in [0.2, 0.25) is 5.91 Å². The minimum atomic E-state index is -1.65. The van der Waals surface area contributed by atoms with E-state index in [2.05, 4.69) is 10.6 Å². The van der Waals surface area contributed by atoms with Gasteiger partial charge in [-0.25, -0.2) is 9.59 Å². The lowest BCUT2D eigenvalue weighted by Gasteiger charge is -2.49. The van der Waals surface area contributed by atoms with E-state index in [-0.39, 0.29) is 23.6 Å². The number of amides is 3. The highest BCUT2D eigenvalue weighted by Gasteiger charge is 2.63. The first-order chi connectivity index (χ1) is 17.5. The largest absolute Gasteiger partial charge is 0.479 e. The third-order valence-corrected chi connectivity index (χ3v) is 7.49. The smallest absolute Gasteiger partial charge is 0.352 e. The van der Waals surface area contributed by atoms with Crippen LogP contribution in [-0.4, -0.2) is 86.2 Å². The van der Waals surface area contributed by atoms with Crippen LogP contribution in [0.1, 0.15) is 25.5 Å². The maximum atomic E-state index is 13.3. The topological polar surface area (TPSA) is 192 Å². The maximum absolute atomic E-state index is 13.3. The molecule has 2 fully saturated rings. The van der Waals surface area contributed by atoms with Crippen LogP contribution in [0.4, 0.5) is 0 Å². The van der Waals surface area contributed by atoms with E-state index in [0.717, 1.165) is 4.90 Å². The van der Waals surface area contributed by atoms with E-state index in [1.807, 2.05) is 0 Å². The molecule has 196 valence electrons. The van der Waals surface area contributed by atoms with Gasteiger partial charge in [-0.2, -0.15) is 0 Å². The number of carbonyl (C=O) groups excluding carboxylic acids is 4. The van der Waals surface area contributed by atoms with Gasteiger partial charge in [-0.1, -0.05) is 30.3 Å². The molecule has 3 aliphatic rings. The van der Waals surface area contributed by atoms with Gasteiger partial charge in [-0.3, -0.25) is 24.1 Å². The molecule has 0 aromatic heterocycles. The molecule has 14 heteroatoms. The second-order valence-corrected chi connectivity index (χ2v) is 9.80. The van der Waals surface area contributed by atoms with Crippen molar-refractivity contribution in [3.05, 3.63) is 47.2 Å². The van der Waals surface area contributed by atoms with Crippen molar-refractivity contribution in [3.63, 3.8) is 0 Å². The monoisotopic (exact) mass is 533 g/mol. The molecule has 4 N–H and O–H groups in total. The molecule has 0 bridgehead atoms. The quantitative estimate of drug-likeness (QED) is 0.180. The Morgan fingerprint density at radius 3 is 2.46 bits per heavy atom. The number of esters is 1. The number of nitrogens with one attached hydrogen (secondary N) is 2. The number of β-lactam (4-membered cyclic amide) rings is 1. The van der Waals surface area contributed by atoms with Gasteiger partial charge in [-0.05, 0) is 12.5 Å². The van der Waals surface area contributed by atoms with Crippen molar-refractivity contribution in [2.24, 2.45) is 0 Å². The summed E-state index contributed by atoms with van der Waals surface area (Å²) < 4.78 is 9.92. The van der Waals surface area contributed by atoms with Crippen LogP contribution in [-0.2, 0) is 38.2 Å². The highest BCUT2D eigenvalue weighted by atomic mass is 32.2. The standard InChI is InChI=1S/C23H23N3O10S/c1-10(27)35-8-12-9-37-19-14(18(29)26(19)15(12)20(30)31)24-17(28)13(11-6-4-3-5-7-11)25-22(34)23(2)16(36-23)21(32)33/h3-7,13-14,16,19H,8-9H2,1-2H3,(H,24,28)(H,25,34)(H,30,31)(H,32,33)/t13?,14-,16-,19-,23-/m1/s1. The predicted molar refractivity (Wildman–Crippen MR) is 125 cm³/mol. The summed E-state index contributed by atoms with van der Waals surface area (Å²) in [7, 11) is 0. The Morgan fingerprint density at radius 2 is 1.89 bits per heavy atom. The molecule has 37 heavy (non-hydrogen) atoms. The van der Waals surface area contributed by atoms with Crippen LogP contribution in [0.5, 0.6) is 0 Å². The summed E-state index contributed by atoms with van der Waals surface area (Å²) in [6, 6.07) is 5.76. The van der Waals surface area contributed by atoms with Gasteiger partial charge in [-0.15, -0.1) is 11.8 Å². The minimum Gasteiger partial charge on any atom is -0.479 e. The number of ether oxygens (including phenoxy) is 2. The molecule has 3 heterocycles. The summed E-state index contributed by atoms with van der Waals surface area (Å²) in [6.07, 6.45) is -1.35. The third kappa shape index (κ3) is 4.89. The second kappa shape index (κ2) is 9.86. The van der Waals surface area contributed by atoms with Crippen molar-refractivity contribution >= 4 is 47.4 Å². The first kappa shape index (κ1) is 26.2. The first-order valence-electron chi connectivity index (χ1n) is 11.1. The van der Waals surface area contributed by atoms with Gasteiger partial charge in [0, 0.05) is 18.2 Å². The van der Waals surface area contributed by atoms with Crippen molar-refractivity contribution in [1.82, 2.24) is 15.5 Å². The van der Waals surface area contributed by atoms with Crippen LogP contribution in [0.15, 0.2) is 41.6 Å². The Bertz CT molecular complexity index is 1220. The zero-order valence-electron chi connectivity index (χ0n) is 19.6. The van der Waals surface area contributed by atoms with Crippen molar-refractivity contribution in [1.29, 1.82) is 0 Å². The second-order valence-electron chi connectivity index (χ2n) is 8.69. The number of carbonyl (C=O) groups is 6. The lowest BCUT2D eigenvalue weighted by molar-refractivity contribution is -0.151. The van der Waals surface area contributed by atoms with E-state index in [1.165, 1.54) is 25.6 Å². The highest BCUT2D eigenvalue weighted by Crippen LogP contribution is 2.41. The summed E-state index contributed by atoms with van der Waals surface area (Å²) in [4.78, 5) is 74.2. The Labute approximate surface area is 214 Å². The van der Waals surface area contributed by atoms with Crippen molar-refractivity contribution in [3.8, 4) is 0 Å². The lowest BCUT2D eigenvalue weighted by atomic mass is 10.00. The number of carboxylic acid groups (broad SMARTS) is 2. The van der Waals surface area contributed by atoms with Crippen LogP contribution in [0.3, 0.4) is 0 Å². The molecule has 0 spiro atoms. The van der Waals surface area contributed by atoms with E-state index in [9.17, 15) is 33.9 Å². The fourth-order valence-corrected chi connectivity index (χ4v) is 5.44. The molecule has 0 aliphatic carbocycles. The summed E-state index contributed by atoms with van der Waals surface area (Å²) in [6.45, 7) is 2.19. The SMILES string of the molecule is CC(=O)OCC1=C(C(=O)O)N2C(=O)[C@@H](NC(=O)C(NC(=O)[C@]3(C)O[C@@H]3C(=O)O)c3ccccc3)[C@H]2SC1. The number of aliphatic carboxylic acids is 2. The van der Waals surface area contributed by atoms with Crippen LogP contribution in [0.2, 0.25) is 0 Å². The fraction of sp³-hybridized carbons (Fsp3) is 0.391. The molecule has 2 saturated heterocycles. The zero-order valence-corrected chi connectivity index (χ0v) is 20.4. The van der Waals surface area contributed by atoms with E-state index >= 15 is 0 Å². The maximum Gasteiger partial charge on any atom is 0.352 e. The van der Waals surface area contributed by atoms with Gasteiger partial charge in [0.25, 0.3) is 11.8 Å². The highest BCUT2D eigenvalue weighted by molar-refractivity contribution is 8.00. The average molecular weight is 534 g/mol. The van der Waals surface area contributed by atoms with Crippen LogP contribution in [0, 0.1) is 0 Å². The molecule has 3 amide bonds. The van der Waals surface area contributed by atoms with E-state index in [4.69, 9.17) is 14.6 Å². The predicted octanol–water partition coefficient (Wildman–Crippen LogP) is -0.612. The normalized spacial score (nSPS) is 26.8. The minimum absolute atomic E-state index is 0.154. The number of carboxylic acids is 2. The number of fused-ring (bicyclic) bond motifs is 1. The molecule has 0 radical (unpaired) electrons. The summed E-state index contributed by atoms with van der Waals surface area (Å²) >= 11 is 1.19. The Morgan fingerprint density at radius 1 is 1.22 bits per heavy atom. The number of hydrogen-bond donors (Lipinski definition) is 4. The summed E-state index contributed by atoms with van der Waals surface area (Å²) in [5.74, 6) is -5.37. The molecule has 5 atom stereocenters. The molecule has 1 aromatic rings. The average Bonchev–Trinajstić information content (AvgIpc) is 3.57. The van der Waals surface area contributed by atoms with Crippen molar-refractivity contribution in [2.75, 3.05) is 12.4 Å². The van der Waals surface area contributed by atoms with E-state index in [0.29, 0.717) is 5.56 Å². The molecular weight excluding hydrogens is 510 g/mol. The molecule has 1 aromatic carbocycles. The van der Waals surface area contributed by atoms with E-state index < -0.39 is 64.8 Å². The van der Waals surface area contributed by atoms with Gasteiger partial charge in [0.1, 0.15) is 29.8 Å². The summed E-state index contributed by atoms with van der Waals surface area (Å²) in [5, 5.41) is 23.2. The summed E-state index contributed by atoms with van der Waals surface area (Å²) in [5.41, 5.74) is -1.32. The molecule has 4 rings (SSSR count). The van der Waals surface area contributed by atoms with Crippen LogP contribution in [0.25, 0.3) is 0 Å². The molecule has 0 saturated carbocycles. The molecule has 3 aliphatic heterocycles. The Hall–Kier alpha value is -3.91. The van der Waals surface area contributed by atoms with Crippen LogP contribution >= 0.6 is 11.8 Å². The molecular formula is C23H23N3O10S. The number of benzene rings is 1. The molecule has 13 nitrogen and oxygen atoms in total. The van der Waals surface area contributed by atoms with Gasteiger partial charge < -0.3 is 30.3 Å². The number of nitrogens with zero attached hydrogens (tertiary/aromatic N) is 1. The fourth-order valence-electron chi connectivity index (χ4n) is 4.11. The van der Waals surface area contributed by atoms with Gasteiger partial charge in [0.15, 0.2) is 11.7 Å². The zero-order chi connectivity index (χ0) is 27.1. The number of hydrogen-bond acceptors (Lipinski definition) is 9.